The number of halogens is 1. The van der Waals surface area contributed by atoms with Gasteiger partial charge >= 0.3 is 0 Å². The van der Waals surface area contributed by atoms with Crippen LogP contribution in [0.5, 0.6) is 0 Å². The number of likely N-dealkylation sites (tertiary alicyclic amines) is 1. The molecule has 0 aliphatic carbocycles. The summed E-state index contributed by atoms with van der Waals surface area (Å²) in [5.74, 6) is 1.68. The Labute approximate surface area is 137 Å². The van der Waals surface area contributed by atoms with Gasteiger partial charge < -0.3 is 4.90 Å². The Morgan fingerprint density at radius 2 is 2.04 bits per heavy atom. The van der Waals surface area contributed by atoms with E-state index >= 15 is 0 Å². The average Bonchev–Trinajstić information content (AvgIpc) is 2.91. The number of pyridine rings is 1. The number of carbonyl (C=O) groups excluding carboxylic acids is 1. The maximum atomic E-state index is 12.5. The Balaban J connectivity index is 1.51. The van der Waals surface area contributed by atoms with Crippen LogP contribution < -0.4 is 0 Å². The molecule has 1 aliphatic rings. The van der Waals surface area contributed by atoms with Crippen LogP contribution in [0.25, 0.3) is 10.9 Å². The number of fused-ring (bicyclic) bond motifs is 1. The van der Waals surface area contributed by atoms with E-state index in [1.54, 1.807) is 17.0 Å². The number of nitrogens with one attached hydrogen (secondary N) is 1. The highest BCUT2D eigenvalue weighted by Gasteiger charge is 2.35. The van der Waals surface area contributed by atoms with Crippen molar-refractivity contribution in [1.82, 2.24) is 25.1 Å². The molecule has 23 heavy (non-hydrogen) atoms. The first-order valence-corrected chi connectivity index (χ1v) is 7.72. The van der Waals surface area contributed by atoms with Crippen LogP contribution >= 0.6 is 11.6 Å². The molecule has 6 nitrogen and oxygen atoms in total. The van der Waals surface area contributed by atoms with Gasteiger partial charge in [-0.1, -0.05) is 23.7 Å². The molecule has 0 atom stereocenters. The van der Waals surface area contributed by atoms with Crippen molar-refractivity contribution in [3.05, 3.63) is 52.7 Å². The summed E-state index contributed by atoms with van der Waals surface area (Å²) in [5.41, 5.74) is 1.16. The summed E-state index contributed by atoms with van der Waals surface area (Å²) in [6.45, 7) is 3.10. The Bertz CT molecular complexity index is 900. The van der Waals surface area contributed by atoms with Crippen molar-refractivity contribution < 1.29 is 4.79 Å². The highest BCUT2D eigenvalue weighted by atomic mass is 35.5. The highest BCUT2D eigenvalue weighted by Crippen LogP contribution is 2.26. The van der Waals surface area contributed by atoms with Crippen LogP contribution in [-0.4, -0.2) is 44.1 Å². The summed E-state index contributed by atoms with van der Waals surface area (Å²) < 4.78 is 0. The zero-order valence-corrected chi connectivity index (χ0v) is 13.2. The summed E-state index contributed by atoms with van der Waals surface area (Å²) in [5, 5.41) is 8.55. The third-order valence-corrected chi connectivity index (χ3v) is 4.26. The molecule has 0 spiro atoms. The van der Waals surface area contributed by atoms with Crippen molar-refractivity contribution in [1.29, 1.82) is 0 Å². The van der Waals surface area contributed by atoms with Crippen LogP contribution in [0.15, 0.2) is 30.3 Å². The fourth-order valence-corrected chi connectivity index (χ4v) is 2.89. The lowest BCUT2D eigenvalue weighted by molar-refractivity contribution is 0.0589. The van der Waals surface area contributed by atoms with Gasteiger partial charge in [-0.2, -0.15) is 5.10 Å². The molecule has 1 amide bonds. The third kappa shape index (κ3) is 2.55. The van der Waals surface area contributed by atoms with E-state index in [0.717, 1.165) is 22.6 Å². The topological polar surface area (TPSA) is 74.8 Å². The lowest BCUT2D eigenvalue weighted by Crippen LogP contribution is -2.49. The third-order valence-electron chi connectivity index (χ3n) is 4.02. The first kappa shape index (κ1) is 14.1. The molecule has 2 aromatic heterocycles. The van der Waals surface area contributed by atoms with Crippen molar-refractivity contribution in [2.24, 2.45) is 0 Å². The molecule has 1 aromatic carbocycles. The van der Waals surface area contributed by atoms with Gasteiger partial charge in [0.25, 0.3) is 5.91 Å². The van der Waals surface area contributed by atoms with Gasteiger partial charge in [0.1, 0.15) is 11.5 Å². The minimum Gasteiger partial charge on any atom is -0.336 e. The monoisotopic (exact) mass is 327 g/mol. The Kier molecular flexibility index (Phi) is 3.27. The van der Waals surface area contributed by atoms with E-state index in [0.29, 0.717) is 23.8 Å². The zero-order valence-electron chi connectivity index (χ0n) is 12.5. The summed E-state index contributed by atoms with van der Waals surface area (Å²) in [6.07, 6.45) is 0. The van der Waals surface area contributed by atoms with Crippen LogP contribution in [0.3, 0.4) is 0 Å². The van der Waals surface area contributed by atoms with Crippen molar-refractivity contribution in [2.75, 3.05) is 13.1 Å². The minimum atomic E-state index is -0.0737. The average molecular weight is 328 g/mol. The van der Waals surface area contributed by atoms with E-state index in [4.69, 9.17) is 11.6 Å². The van der Waals surface area contributed by atoms with E-state index in [-0.39, 0.29) is 11.8 Å². The molecule has 1 saturated heterocycles. The Hall–Kier alpha value is -2.47. The molecule has 1 N–H and O–H groups in total. The maximum Gasteiger partial charge on any atom is 0.272 e. The summed E-state index contributed by atoms with van der Waals surface area (Å²) in [6, 6.07) is 9.11. The number of nitrogens with zero attached hydrogens (tertiary/aromatic N) is 4. The molecule has 3 heterocycles. The van der Waals surface area contributed by atoms with Gasteiger partial charge in [-0.3, -0.25) is 9.89 Å². The van der Waals surface area contributed by atoms with Gasteiger partial charge in [0.2, 0.25) is 0 Å². The predicted octanol–water partition coefficient (Wildman–Crippen LogP) is 2.55. The fraction of sp³-hybridized carbons (Fsp3) is 0.250. The largest absolute Gasteiger partial charge is 0.336 e. The first-order valence-electron chi connectivity index (χ1n) is 7.34. The number of aryl methyl sites for hydroxylation is 1. The van der Waals surface area contributed by atoms with E-state index in [2.05, 4.69) is 20.2 Å². The van der Waals surface area contributed by atoms with Gasteiger partial charge in [0, 0.05) is 23.5 Å². The number of H-pyrrole nitrogens is 1. The number of carbonyl (C=O) groups is 1. The second-order valence-electron chi connectivity index (χ2n) is 5.72. The quantitative estimate of drug-likeness (QED) is 0.785. The highest BCUT2D eigenvalue weighted by molar-refractivity contribution is 6.31. The number of hydrogen-bond donors (Lipinski definition) is 1. The molecule has 4 rings (SSSR count). The second kappa shape index (κ2) is 5.31. The van der Waals surface area contributed by atoms with Crippen molar-refractivity contribution >= 4 is 28.4 Å². The molecule has 3 aromatic rings. The lowest BCUT2D eigenvalue weighted by Gasteiger charge is -2.37. The lowest BCUT2D eigenvalue weighted by atomic mass is 9.99. The van der Waals surface area contributed by atoms with Crippen LogP contribution in [0.1, 0.15) is 28.1 Å². The fourth-order valence-electron chi connectivity index (χ4n) is 2.72. The maximum absolute atomic E-state index is 12.5. The first-order chi connectivity index (χ1) is 11.1. The molecule has 0 saturated carbocycles. The standard InChI is InChI=1S/C16H14ClN5O/c1-9-18-15(21-20-9)11-7-22(8-11)16(23)13-5-3-10-2-4-12(17)6-14(10)19-13/h2-6,11H,7-8H2,1H3,(H,18,20,21). The van der Waals surface area contributed by atoms with Gasteiger partial charge in [-0.15, -0.1) is 0 Å². The number of benzene rings is 1. The van der Waals surface area contributed by atoms with Crippen molar-refractivity contribution in [2.45, 2.75) is 12.8 Å². The number of rotatable bonds is 2. The molecule has 0 radical (unpaired) electrons. The molecule has 1 fully saturated rings. The molecule has 0 bridgehead atoms. The normalized spacial score (nSPS) is 15.0. The van der Waals surface area contributed by atoms with Crippen molar-refractivity contribution in [3.8, 4) is 0 Å². The zero-order chi connectivity index (χ0) is 16.0. The van der Waals surface area contributed by atoms with Crippen LogP contribution in [0, 0.1) is 6.92 Å². The number of aromatic amines is 1. The van der Waals surface area contributed by atoms with Crippen LogP contribution in [0.2, 0.25) is 5.02 Å². The smallest absolute Gasteiger partial charge is 0.272 e. The molecular formula is C16H14ClN5O. The van der Waals surface area contributed by atoms with E-state index < -0.39 is 0 Å². The van der Waals surface area contributed by atoms with E-state index in [1.807, 2.05) is 25.1 Å². The number of amides is 1. The Morgan fingerprint density at radius 3 is 2.78 bits per heavy atom. The van der Waals surface area contributed by atoms with Crippen LogP contribution in [-0.2, 0) is 0 Å². The number of hydrogen-bond acceptors (Lipinski definition) is 4. The summed E-state index contributed by atoms with van der Waals surface area (Å²) in [7, 11) is 0. The summed E-state index contributed by atoms with van der Waals surface area (Å²) >= 11 is 5.99. The molecule has 0 unspecified atom stereocenters. The number of aromatic nitrogens is 4. The molecular weight excluding hydrogens is 314 g/mol. The van der Waals surface area contributed by atoms with E-state index in [9.17, 15) is 4.79 Å². The van der Waals surface area contributed by atoms with Gasteiger partial charge in [-0.25, -0.2) is 9.97 Å². The van der Waals surface area contributed by atoms with Crippen molar-refractivity contribution in [3.63, 3.8) is 0 Å². The Morgan fingerprint density at radius 1 is 1.26 bits per heavy atom. The van der Waals surface area contributed by atoms with E-state index in [1.165, 1.54) is 0 Å². The van der Waals surface area contributed by atoms with Crippen LogP contribution in [0.4, 0.5) is 0 Å². The summed E-state index contributed by atoms with van der Waals surface area (Å²) in [4.78, 5) is 23.0. The van der Waals surface area contributed by atoms with Gasteiger partial charge in [-0.05, 0) is 25.1 Å². The second-order valence-corrected chi connectivity index (χ2v) is 6.16. The van der Waals surface area contributed by atoms with Gasteiger partial charge in [0.15, 0.2) is 5.82 Å². The van der Waals surface area contributed by atoms with Gasteiger partial charge in [0.05, 0.1) is 11.4 Å². The minimum absolute atomic E-state index is 0.0737. The molecule has 116 valence electrons. The molecule has 1 aliphatic heterocycles. The SMILES string of the molecule is Cc1nc(C2CN(C(=O)c3ccc4ccc(Cl)cc4n3)C2)n[nH]1. The molecule has 7 heteroatoms. The predicted molar refractivity (Wildman–Crippen MR) is 86.5 cm³/mol.